The maximum Gasteiger partial charge on any atom is 0.270 e. The van der Waals surface area contributed by atoms with Crippen molar-refractivity contribution in [3.63, 3.8) is 0 Å². The van der Waals surface area contributed by atoms with E-state index in [1.165, 1.54) is 6.33 Å². The number of carbonyl (C=O) groups excluding carboxylic acids is 1. The van der Waals surface area contributed by atoms with Crippen LogP contribution in [0.5, 0.6) is 0 Å². The summed E-state index contributed by atoms with van der Waals surface area (Å²) in [4.78, 5) is 17.9. The first-order valence-electron chi connectivity index (χ1n) is 5.97. The van der Waals surface area contributed by atoms with Crippen LogP contribution in [0.15, 0.2) is 24.7 Å². The highest BCUT2D eigenvalue weighted by Crippen LogP contribution is 2.08. The minimum Gasteiger partial charge on any atom is -0.344 e. The van der Waals surface area contributed by atoms with Crippen LogP contribution in [-0.4, -0.2) is 37.6 Å². The zero-order chi connectivity index (χ0) is 13.0. The lowest BCUT2D eigenvalue weighted by Crippen LogP contribution is -2.28. The fourth-order valence-corrected chi connectivity index (χ4v) is 1.84. The Balaban J connectivity index is 2.08. The van der Waals surface area contributed by atoms with Gasteiger partial charge in [-0.05, 0) is 18.6 Å². The number of nitrogens with zero attached hydrogens (tertiary/aromatic N) is 4. The molecule has 0 radical (unpaired) electrons. The second-order valence-corrected chi connectivity index (χ2v) is 4.18. The molecule has 2 rings (SSSR count). The van der Waals surface area contributed by atoms with Crippen LogP contribution in [0.1, 0.15) is 29.7 Å². The number of H-pyrrole nitrogens is 1. The zero-order valence-corrected chi connectivity index (χ0v) is 10.6. The van der Waals surface area contributed by atoms with E-state index < -0.39 is 0 Å². The van der Waals surface area contributed by atoms with Gasteiger partial charge in [0.05, 0.1) is 6.54 Å². The van der Waals surface area contributed by atoms with Gasteiger partial charge < -0.3 is 9.47 Å². The topological polar surface area (TPSA) is 66.8 Å². The van der Waals surface area contributed by atoms with Crippen molar-refractivity contribution < 1.29 is 4.79 Å². The average molecular weight is 247 g/mol. The van der Waals surface area contributed by atoms with Gasteiger partial charge in [-0.3, -0.25) is 9.89 Å². The van der Waals surface area contributed by atoms with Crippen LogP contribution < -0.4 is 0 Å². The summed E-state index contributed by atoms with van der Waals surface area (Å²) in [6, 6.07) is 3.74. The Kier molecular flexibility index (Phi) is 3.76. The van der Waals surface area contributed by atoms with Gasteiger partial charge in [0.15, 0.2) is 0 Å². The zero-order valence-electron chi connectivity index (χ0n) is 10.6. The van der Waals surface area contributed by atoms with Crippen LogP contribution in [0.2, 0.25) is 0 Å². The summed E-state index contributed by atoms with van der Waals surface area (Å²) in [5.41, 5.74) is 0.707. The predicted molar refractivity (Wildman–Crippen MR) is 66.9 cm³/mol. The van der Waals surface area contributed by atoms with Crippen LogP contribution in [0, 0.1) is 0 Å². The molecule has 6 heteroatoms. The maximum atomic E-state index is 12.3. The van der Waals surface area contributed by atoms with Gasteiger partial charge in [0.25, 0.3) is 5.91 Å². The third-order valence-electron chi connectivity index (χ3n) is 2.71. The van der Waals surface area contributed by atoms with Crippen molar-refractivity contribution in [3.05, 3.63) is 36.2 Å². The Bertz CT molecular complexity index is 502. The summed E-state index contributed by atoms with van der Waals surface area (Å²) in [5.74, 6) is 0.671. The molecule has 1 N–H and O–H groups in total. The molecule has 18 heavy (non-hydrogen) atoms. The molecule has 0 unspecified atom stereocenters. The van der Waals surface area contributed by atoms with Crippen LogP contribution in [0.4, 0.5) is 0 Å². The summed E-state index contributed by atoms with van der Waals surface area (Å²) < 4.78 is 1.97. The Morgan fingerprint density at radius 1 is 1.56 bits per heavy atom. The molecule has 96 valence electrons. The van der Waals surface area contributed by atoms with E-state index in [0.29, 0.717) is 18.1 Å². The third kappa shape index (κ3) is 2.58. The molecule has 0 spiro atoms. The number of hydrogen-bond donors (Lipinski definition) is 1. The highest BCUT2D eigenvalue weighted by Gasteiger charge is 2.16. The monoisotopic (exact) mass is 247 g/mol. The minimum atomic E-state index is -0.00940. The molecule has 0 aliphatic carbocycles. The molecule has 0 aromatic carbocycles. The second-order valence-electron chi connectivity index (χ2n) is 4.18. The number of aryl methyl sites for hydroxylation is 1. The van der Waals surface area contributed by atoms with E-state index in [0.717, 1.165) is 13.0 Å². The molecule has 0 aliphatic rings. The normalized spacial score (nSPS) is 10.6. The second kappa shape index (κ2) is 5.48. The van der Waals surface area contributed by atoms with Gasteiger partial charge in [0.1, 0.15) is 17.8 Å². The Morgan fingerprint density at radius 2 is 2.39 bits per heavy atom. The van der Waals surface area contributed by atoms with Crippen molar-refractivity contribution in [2.75, 3.05) is 7.05 Å². The molecule has 0 saturated carbocycles. The Labute approximate surface area is 106 Å². The van der Waals surface area contributed by atoms with Gasteiger partial charge in [-0.25, -0.2) is 4.98 Å². The molecular weight excluding hydrogens is 230 g/mol. The van der Waals surface area contributed by atoms with Gasteiger partial charge in [-0.2, -0.15) is 5.10 Å². The summed E-state index contributed by atoms with van der Waals surface area (Å²) in [6.07, 6.45) is 4.37. The SMILES string of the molecule is CCCn1cccc1C(=O)N(C)Cc1ncn[nH]1. The minimum absolute atomic E-state index is 0.00940. The molecule has 2 aromatic rings. The van der Waals surface area contributed by atoms with Crippen molar-refractivity contribution in [1.82, 2.24) is 24.6 Å². The van der Waals surface area contributed by atoms with Gasteiger partial charge in [0, 0.05) is 19.8 Å². The third-order valence-corrected chi connectivity index (χ3v) is 2.71. The molecule has 0 atom stereocenters. The van der Waals surface area contributed by atoms with Crippen molar-refractivity contribution in [1.29, 1.82) is 0 Å². The van der Waals surface area contributed by atoms with Crippen molar-refractivity contribution in [3.8, 4) is 0 Å². The first-order chi connectivity index (χ1) is 8.72. The van der Waals surface area contributed by atoms with Gasteiger partial charge >= 0.3 is 0 Å². The molecule has 2 heterocycles. The van der Waals surface area contributed by atoms with E-state index in [1.54, 1.807) is 11.9 Å². The maximum absolute atomic E-state index is 12.3. The van der Waals surface area contributed by atoms with E-state index in [-0.39, 0.29) is 5.91 Å². The molecule has 0 fully saturated rings. The summed E-state index contributed by atoms with van der Waals surface area (Å²) >= 11 is 0. The number of rotatable bonds is 5. The smallest absolute Gasteiger partial charge is 0.270 e. The van der Waals surface area contributed by atoms with E-state index in [2.05, 4.69) is 22.1 Å². The molecule has 2 aromatic heterocycles. The molecule has 1 amide bonds. The molecule has 6 nitrogen and oxygen atoms in total. The number of nitrogens with one attached hydrogen (secondary N) is 1. The summed E-state index contributed by atoms with van der Waals surface area (Å²) in [7, 11) is 1.76. The lowest BCUT2D eigenvalue weighted by Gasteiger charge is -2.16. The number of amides is 1. The van der Waals surface area contributed by atoms with Crippen LogP contribution in [0.3, 0.4) is 0 Å². The highest BCUT2D eigenvalue weighted by molar-refractivity contribution is 5.92. The fourth-order valence-electron chi connectivity index (χ4n) is 1.84. The number of aromatic amines is 1. The fraction of sp³-hybridized carbons (Fsp3) is 0.417. The van der Waals surface area contributed by atoms with Crippen molar-refractivity contribution >= 4 is 5.91 Å². The summed E-state index contributed by atoms with van der Waals surface area (Å²) in [5, 5.41) is 6.51. The van der Waals surface area contributed by atoms with Crippen LogP contribution in [-0.2, 0) is 13.1 Å². The standard InChI is InChI=1S/C12H17N5O/c1-3-6-17-7-4-5-10(17)12(18)16(2)8-11-13-9-14-15-11/h4-5,7,9H,3,6,8H2,1-2H3,(H,13,14,15). The molecule has 0 saturated heterocycles. The molecular formula is C12H17N5O. The van der Waals surface area contributed by atoms with E-state index in [9.17, 15) is 4.79 Å². The lowest BCUT2D eigenvalue weighted by molar-refractivity contribution is 0.0771. The van der Waals surface area contributed by atoms with Gasteiger partial charge in [0.2, 0.25) is 0 Å². The van der Waals surface area contributed by atoms with E-state index in [4.69, 9.17) is 0 Å². The molecule has 0 aliphatic heterocycles. The van der Waals surface area contributed by atoms with Crippen molar-refractivity contribution in [2.24, 2.45) is 0 Å². The Morgan fingerprint density at radius 3 is 3.06 bits per heavy atom. The van der Waals surface area contributed by atoms with Gasteiger partial charge in [-0.15, -0.1) is 0 Å². The Hall–Kier alpha value is -2.11. The average Bonchev–Trinajstić information content (AvgIpc) is 3.00. The number of aromatic nitrogens is 4. The first-order valence-corrected chi connectivity index (χ1v) is 5.97. The largest absolute Gasteiger partial charge is 0.344 e. The highest BCUT2D eigenvalue weighted by atomic mass is 16.2. The van der Waals surface area contributed by atoms with E-state index >= 15 is 0 Å². The van der Waals surface area contributed by atoms with E-state index in [1.807, 2.05) is 22.9 Å². The van der Waals surface area contributed by atoms with Gasteiger partial charge in [-0.1, -0.05) is 6.92 Å². The quantitative estimate of drug-likeness (QED) is 0.865. The first kappa shape index (κ1) is 12.3. The number of carbonyl (C=O) groups is 1. The summed E-state index contributed by atoms with van der Waals surface area (Å²) in [6.45, 7) is 3.37. The number of hydrogen-bond acceptors (Lipinski definition) is 3. The lowest BCUT2D eigenvalue weighted by atomic mass is 10.3. The predicted octanol–water partition coefficient (Wildman–Crippen LogP) is 1.29. The van der Waals surface area contributed by atoms with Crippen LogP contribution in [0.25, 0.3) is 0 Å². The van der Waals surface area contributed by atoms with Crippen molar-refractivity contribution in [2.45, 2.75) is 26.4 Å². The van der Waals surface area contributed by atoms with Crippen LogP contribution >= 0.6 is 0 Å². The molecule has 0 bridgehead atoms.